The van der Waals surface area contributed by atoms with Gasteiger partial charge in [-0.2, -0.15) is 0 Å². The Kier molecular flexibility index (Phi) is 1.27. The van der Waals surface area contributed by atoms with Crippen molar-refractivity contribution in [2.24, 2.45) is 0 Å². The van der Waals surface area contributed by atoms with Crippen LogP contribution in [0, 0.1) is 0 Å². The standard InChI is InChI=1S/C7H4O4S/c8-5-3-1-2-12-4(3)6(9)7(5,10)11/h1-2,10-11H. The largest absolute Gasteiger partial charge is 0.353 e. The molecule has 0 aromatic carbocycles. The van der Waals surface area contributed by atoms with Gasteiger partial charge in [-0.05, 0) is 11.4 Å². The van der Waals surface area contributed by atoms with E-state index >= 15 is 0 Å². The number of aliphatic hydroxyl groups is 2. The predicted octanol–water partition coefficient (Wildman–Crippen LogP) is -0.192. The quantitative estimate of drug-likeness (QED) is 0.433. The Morgan fingerprint density at radius 2 is 1.92 bits per heavy atom. The van der Waals surface area contributed by atoms with Gasteiger partial charge in [0.1, 0.15) is 0 Å². The lowest BCUT2D eigenvalue weighted by Crippen LogP contribution is -2.40. The van der Waals surface area contributed by atoms with E-state index in [9.17, 15) is 9.59 Å². The molecule has 0 unspecified atom stereocenters. The van der Waals surface area contributed by atoms with Crippen molar-refractivity contribution < 1.29 is 19.8 Å². The van der Waals surface area contributed by atoms with Crippen molar-refractivity contribution in [2.45, 2.75) is 5.79 Å². The van der Waals surface area contributed by atoms with Crippen molar-refractivity contribution in [2.75, 3.05) is 0 Å². The minimum atomic E-state index is -2.82. The van der Waals surface area contributed by atoms with E-state index in [1.807, 2.05) is 0 Å². The van der Waals surface area contributed by atoms with E-state index in [0.717, 1.165) is 11.3 Å². The molecule has 0 fully saturated rings. The van der Waals surface area contributed by atoms with Crippen LogP contribution in [0.1, 0.15) is 20.0 Å². The van der Waals surface area contributed by atoms with E-state index in [0.29, 0.717) is 0 Å². The van der Waals surface area contributed by atoms with Gasteiger partial charge in [0.2, 0.25) is 11.6 Å². The third-order valence-electron chi connectivity index (χ3n) is 1.75. The molecule has 0 atom stereocenters. The van der Waals surface area contributed by atoms with E-state index < -0.39 is 17.4 Å². The highest BCUT2D eigenvalue weighted by Crippen LogP contribution is 2.31. The number of thiophene rings is 1. The first kappa shape index (κ1) is 7.60. The topological polar surface area (TPSA) is 74.6 Å². The summed E-state index contributed by atoms with van der Waals surface area (Å²) in [7, 11) is 0. The number of Topliss-reactive ketones (excluding diaryl/α,β-unsaturated/α-hetero) is 2. The Morgan fingerprint density at radius 1 is 1.25 bits per heavy atom. The molecule has 2 N–H and O–H groups in total. The summed E-state index contributed by atoms with van der Waals surface area (Å²) in [6.07, 6.45) is 0. The summed E-state index contributed by atoms with van der Waals surface area (Å²) in [5, 5.41) is 19.6. The molecular formula is C7H4O4S. The maximum Gasteiger partial charge on any atom is 0.295 e. The summed E-state index contributed by atoms with van der Waals surface area (Å²) in [5.74, 6) is -4.66. The summed E-state index contributed by atoms with van der Waals surface area (Å²) >= 11 is 1.04. The highest BCUT2D eigenvalue weighted by molar-refractivity contribution is 7.13. The lowest BCUT2D eigenvalue weighted by atomic mass is 10.2. The molecule has 0 radical (unpaired) electrons. The third-order valence-corrected chi connectivity index (χ3v) is 2.66. The molecule has 0 amide bonds. The zero-order valence-electron chi connectivity index (χ0n) is 5.77. The molecule has 12 heavy (non-hydrogen) atoms. The van der Waals surface area contributed by atoms with Gasteiger partial charge in [-0.3, -0.25) is 9.59 Å². The fourth-order valence-electron chi connectivity index (χ4n) is 1.11. The molecule has 0 spiro atoms. The highest BCUT2D eigenvalue weighted by Gasteiger charge is 2.51. The van der Waals surface area contributed by atoms with Gasteiger partial charge in [0, 0.05) is 5.56 Å². The van der Waals surface area contributed by atoms with Gasteiger partial charge in [-0.1, -0.05) is 0 Å². The molecule has 1 aromatic rings. The molecular weight excluding hydrogens is 180 g/mol. The molecule has 0 bridgehead atoms. The summed E-state index contributed by atoms with van der Waals surface area (Å²) in [4.78, 5) is 22.3. The Labute approximate surface area is 71.1 Å². The van der Waals surface area contributed by atoms with Gasteiger partial charge in [0.15, 0.2) is 0 Å². The van der Waals surface area contributed by atoms with Gasteiger partial charge < -0.3 is 10.2 Å². The monoisotopic (exact) mass is 184 g/mol. The highest BCUT2D eigenvalue weighted by atomic mass is 32.1. The number of carbonyl (C=O) groups excluding carboxylic acids is 2. The summed E-state index contributed by atoms with van der Waals surface area (Å²) < 4.78 is 0. The summed E-state index contributed by atoms with van der Waals surface area (Å²) in [5.41, 5.74) is 0.106. The summed E-state index contributed by atoms with van der Waals surface area (Å²) in [6.45, 7) is 0. The average molecular weight is 184 g/mol. The molecule has 1 aromatic heterocycles. The third kappa shape index (κ3) is 0.677. The first-order valence-electron chi connectivity index (χ1n) is 3.17. The fraction of sp³-hybridized carbons (Fsp3) is 0.143. The Bertz CT molecular complexity index is 344. The lowest BCUT2D eigenvalue weighted by Gasteiger charge is -2.08. The number of fused-ring (bicyclic) bond motifs is 1. The molecule has 1 heterocycles. The second kappa shape index (κ2) is 2.01. The van der Waals surface area contributed by atoms with Crippen LogP contribution in [0.5, 0.6) is 0 Å². The van der Waals surface area contributed by atoms with Gasteiger partial charge in [-0.25, -0.2) is 0 Å². The predicted molar refractivity (Wildman–Crippen MR) is 40.1 cm³/mol. The van der Waals surface area contributed by atoms with E-state index in [-0.39, 0.29) is 10.4 Å². The second-order valence-corrected chi connectivity index (χ2v) is 3.41. The van der Waals surface area contributed by atoms with Crippen LogP contribution in [0.15, 0.2) is 11.4 Å². The molecule has 0 saturated heterocycles. The van der Waals surface area contributed by atoms with Crippen molar-refractivity contribution >= 4 is 22.9 Å². The Balaban J connectivity index is 2.69. The van der Waals surface area contributed by atoms with Crippen molar-refractivity contribution in [3.63, 3.8) is 0 Å². The number of hydrogen-bond donors (Lipinski definition) is 2. The molecule has 1 aliphatic rings. The fourth-order valence-corrected chi connectivity index (χ4v) is 1.99. The molecule has 1 aliphatic carbocycles. The van der Waals surface area contributed by atoms with Crippen LogP contribution in [0.25, 0.3) is 0 Å². The zero-order valence-corrected chi connectivity index (χ0v) is 6.59. The average Bonchev–Trinajstić information content (AvgIpc) is 2.53. The minimum Gasteiger partial charge on any atom is -0.353 e. The minimum absolute atomic E-state index is 0.106. The van der Waals surface area contributed by atoms with Crippen LogP contribution in [0.3, 0.4) is 0 Å². The normalized spacial score (nSPS) is 19.8. The van der Waals surface area contributed by atoms with Crippen molar-refractivity contribution in [3.8, 4) is 0 Å². The van der Waals surface area contributed by atoms with Crippen LogP contribution in [0.2, 0.25) is 0 Å². The second-order valence-electron chi connectivity index (χ2n) is 2.49. The molecule has 62 valence electrons. The number of hydrogen-bond acceptors (Lipinski definition) is 5. The number of ketones is 2. The molecule has 2 rings (SSSR count). The number of carbonyl (C=O) groups is 2. The van der Waals surface area contributed by atoms with Gasteiger partial charge in [0.05, 0.1) is 4.88 Å². The maximum atomic E-state index is 11.1. The SMILES string of the molecule is O=C1c2ccsc2C(=O)C1(O)O. The lowest BCUT2D eigenvalue weighted by molar-refractivity contribution is -0.0856. The van der Waals surface area contributed by atoms with Crippen LogP contribution < -0.4 is 0 Å². The first-order valence-corrected chi connectivity index (χ1v) is 4.05. The van der Waals surface area contributed by atoms with E-state index in [4.69, 9.17) is 10.2 Å². The van der Waals surface area contributed by atoms with Crippen LogP contribution in [-0.4, -0.2) is 27.6 Å². The van der Waals surface area contributed by atoms with Gasteiger partial charge >= 0.3 is 0 Å². The van der Waals surface area contributed by atoms with E-state index in [1.165, 1.54) is 6.07 Å². The zero-order chi connectivity index (χ0) is 8.93. The summed E-state index contributed by atoms with van der Waals surface area (Å²) in [6, 6.07) is 1.41. The Hall–Kier alpha value is -1.04. The van der Waals surface area contributed by atoms with Crippen molar-refractivity contribution in [3.05, 3.63) is 21.9 Å². The van der Waals surface area contributed by atoms with E-state index in [1.54, 1.807) is 5.38 Å². The van der Waals surface area contributed by atoms with Crippen LogP contribution >= 0.6 is 11.3 Å². The van der Waals surface area contributed by atoms with Gasteiger partial charge in [-0.15, -0.1) is 11.3 Å². The van der Waals surface area contributed by atoms with Gasteiger partial charge in [0.25, 0.3) is 5.79 Å². The van der Waals surface area contributed by atoms with Crippen LogP contribution in [0.4, 0.5) is 0 Å². The van der Waals surface area contributed by atoms with Crippen LogP contribution in [-0.2, 0) is 0 Å². The molecule has 0 aliphatic heterocycles. The maximum absolute atomic E-state index is 11.1. The van der Waals surface area contributed by atoms with E-state index in [2.05, 4.69) is 0 Å². The first-order chi connectivity index (χ1) is 5.55. The molecule has 5 heteroatoms. The smallest absolute Gasteiger partial charge is 0.295 e. The molecule has 4 nitrogen and oxygen atoms in total. The molecule has 0 saturated carbocycles. The Morgan fingerprint density at radius 3 is 2.50 bits per heavy atom. The number of rotatable bonds is 0. The van der Waals surface area contributed by atoms with Crippen molar-refractivity contribution in [1.82, 2.24) is 0 Å². The van der Waals surface area contributed by atoms with Crippen molar-refractivity contribution in [1.29, 1.82) is 0 Å².